The number of carbonyl (C=O) groups is 2. The molecule has 1 aromatic heterocycles. The molecule has 0 fully saturated rings. The van der Waals surface area contributed by atoms with E-state index in [-0.39, 0.29) is 16.9 Å². The number of nitro benzene ring substituents is 1. The van der Waals surface area contributed by atoms with Gasteiger partial charge in [-0.15, -0.1) is 0 Å². The maximum Gasteiger partial charge on any atom is 0.336 e. The largest absolute Gasteiger partial charge is 0.478 e. The van der Waals surface area contributed by atoms with Crippen LogP contribution in [-0.4, -0.2) is 26.8 Å². The number of benzene rings is 1. The van der Waals surface area contributed by atoms with Crippen LogP contribution >= 0.6 is 0 Å². The van der Waals surface area contributed by atoms with E-state index in [2.05, 4.69) is 4.98 Å². The molecule has 0 atom stereocenters. The van der Waals surface area contributed by atoms with Gasteiger partial charge in [0.05, 0.1) is 10.5 Å². The highest BCUT2D eigenvalue weighted by molar-refractivity contribution is 6.13. The summed E-state index contributed by atoms with van der Waals surface area (Å²) in [5, 5.41) is 19.7. The van der Waals surface area contributed by atoms with Crippen molar-refractivity contribution in [3.63, 3.8) is 0 Å². The van der Waals surface area contributed by atoms with E-state index in [1.54, 1.807) is 12.1 Å². The van der Waals surface area contributed by atoms with Crippen LogP contribution in [0.1, 0.15) is 26.4 Å². The van der Waals surface area contributed by atoms with Crippen LogP contribution in [0.25, 0.3) is 0 Å². The van der Waals surface area contributed by atoms with Gasteiger partial charge >= 0.3 is 5.97 Å². The first-order chi connectivity index (χ1) is 9.50. The predicted molar refractivity (Wildman–Crippen MR) is 67.7 cm³/mol. The molecule has 2 aromatic rings. The molecule has 0 aliphatic heterocycles. The summed E-state index contributed by atoms with van der Waals surface area (Å²) in [5.41, 5.74) is -0.875. The highest BCUT2D eigenvalue weighted by atomic mass is 16.6. The lowest BCUT2D eigenvalue weighted by Gasteiger charge is -2.04. The minimum Gasteiger partial charge on any atom is -0.478 e. The first-order valence-electron chi connectivity index (χ1n) is 5.48. The second-order valence-corrected chi connectivity index (χ2v) is 3.84. The molecule has 0 saturated carbocycles. The number of hydrogen-bond donors (Lipinski definition) is 1. The van der Waals surface area contributed by atoms with E-state index in [0.717, 1.165) is 18.2 Å². The fourth-order valence-electron chi connectivity index (χ4n) is 1.66. The highest BCUT2D eigenvalue weighted by Crippen LogP contribution is 2.20. The van der Waals surface area contributed by atoms with Crippen molar-refractivity contribution in [3.8, 4) is 0 Å². The number of nitro groups is 1. The Morgan fingerprint density at radius 1 is 1.15 bits per heavy atom. The first-order valence-corrected chi connectivity index (χ1v) is 5.48. The number of pyridine rings is 1. The van der Waals surface area contributed by atoms with Gasteiger partial charge in [0, 0.05) is 23.9 Å². The topological polar surface area (TPSA) is 110 Å². The van der Waals surface area contributed by atoms with E-state index >= 15 is 0 Å². The molecule has 1 N–H and O–H groups in total. The summed E-state index contributed by atoms with van der Waals surface area (Å²) in [7, 11) is 0. The number of non-ortho nitro benzene ring substituents is 1. The van der Waals surface area contributed by atoms with Crippen molar-refractivity contribution in [2.45, 2.75) is 0 Å². The molecular formula is C13H8N2O5. The van der Waals surface area contributed by atoms with E-state index in [4.69, 9.17) is 5.11 Å². The van der Waals surface area contributed by atoms with Gasteiger partial charge in [-0.2, -0.15) is 0 Å². The molecule has 0 saturated heterocycles. The molecule has 2 rings (SSSR count). The zero-order chi connectivity index (χ0) is 14.7. The molecule has 0 bridgehead atoms. The lowest BCUT2D eigenvalue weighted by molar-refractivity contribution is -0.384. The highest BCUT2D eigenvalue weighted by Gasteiger charge is 2.21. The number of hydrogen-bond acceptors (Lipinski definition) is 5. The van der Waals surface area contributed by atoms with E-state index in [1.165, 1.54) is 12.3 Å². The number of ketones is 1. The van der Waals surface area contributed by atoms with Gasteiger partial charge in [-0.3, -0.25) is 19.9 Å². The Morgan fingerprint density at radius 3 is 2.45 bits per heavy atom. The van der Waals surface area contributed by atoms with Gasteiger partial charge in [0.25, 0.3) is 5.69 Å². The predicted octanol–water partition coefficient (Wildman–Crippen LogP) is 1.92. The zero-order valence-electron chi connectivity index (χ0n) is 10.0. The molecule has 7 heteroatoms. The smallest absolute Gasteiger partial charge is 0.336 e. The average Bonchev–Trinajstić information content (AvgIpc) is 2.46. The minimum absolute atomic E-state index is 0.0730. The summed E-state index contributed by atoms with van der Waals surface area (Å²) in [6.45, 7) is 0. The maximum atomic E-state index is 12.2. The number of aromatic nitrogens is 1. The minimum atomic E-state index is -1.41. The van der Waals surface area contributed by atoms with Crippen LogP contribution in [0.5, 0.6) is 0 Å². The monoisotopic (exact) mass is 272 g/mol. The van der Waals surface area contributed by atoms with E-state index in [1.807, 2.05) is 0 Å². The van der Waals surface area contributed by atoms with Crippen molar-refractivity contribution in [2.24, 2.45) is 0 Å². The maximum absolute atomic E-state index is 12.2. The summed E-state index contributed by atoms with van der Waals surface area (Å²) in [6, 6.07) is 7.71. The number of carboxylic acid groups (broad SMARTS) is 1. The SMILES string of the molecule is O=C(O)c1cc([N+](=O)[O-])ccc1C(=O)c1ccccn1. The third-order valence-electron chi connectivity index (χ3n) is 2.59. The van der Waals surface area contributed by atoms with Crippen molar-refractivity contribution in [3.05, 3.63) is 69.5 Å². The van der Waals surface area contributed by atoms with Crippen LogP contribution in [0, 0.1) is 10.1 Å². The fourth-order valence-corrected chi connectivity index (χ4v) is 1.66. The summed E-state index contributed by atoms with van der Waals surface area (Å²) >= 11 is 0. The Morgan fingerprint density at radius 2 is 1.90 bits per heavy atom. The third-order valence-corrected chi connectivity index (χ3v) is 2.59. The van der Waals surface area contributed by atoms with Gasteiger partial charge in [-0.1, -0.05) is 6.07 Å². The summed E-state index contributed by atoms with van der Waals surface area (Å²) < 4.78 is 0. The number of nitrogens with zero attached hydrogens (tertiary/aromatic N) is 2. The van der Waals surface area contributed by atoms with Crippen LogP contribution < -0.4 is 0 Å². The molecule has 7 nitrogen and oxygen atoms in total. The van der Waals surface area contributed by atoms with Crippen LogP contribution in [0.3, 0.4) is 0 Å². The zero-order valence-corrected chi connectivity index (χ0v) is 10.0. The van der Waals surface area contributed by atoms with E-state index < -0.39 is 22.2 Å². The van der Waals surface area contributed by atoms with Gasteiger partial charge in [0.2, 0.25) is 5.78 Å². The van der Waals surface area contributed by atoms with Crippen LogP contribution in [0.4, 0.5) is 5.69 Å². The van der Waals surface area contributed by atoms with Crippen molar-refractivity contribution < 1.29 is 19.6 Å². The van der Waals surface area contributed by atoms with E-state index in [0.29, 0.717) is 0 Å². The van der Waals surface area contributed by atoms with Crippen LogP contribution in [0.2, 0.25) is 0 Å². The van der Waals surface area contributed by atoms with Crippen molar-refractivity contribution in [2.75, 3.05) is 0 Å². The van der Waals surface area contributed by atoms with E-state index in [9.17, 15) is 19.7 Å². The molecule has 100 valence electrons. The molecule has 1 aromatic carbocycles. The molecule has 0 amide bonds. The van der Waals surface area contributed by atoms with Gasteiger partial charge in [0.15, 0.2) is 0 Å². The Bertz CT molecular complexity index is 697. The normalized spacial score (nSPS) is 10.0. The molecule has 0 spiro atoms. The molecular weight excluding hydrogens is 264 g/mol. The number of carboxylic acids is 1. The Kier molecular flexibility index (Phi) is 3.52. The molecule has 20 heavy (non-hydrogen) atoms. The third kappa shape index (κ3) is 2.51. The average molecular weight is 272 g/mol. The Hall–Kier alpha value is -3.09. The van der Waals surface area contributed by atoms with Crippen LogP contribution in [-0.2, 0) is 0 Å². The fraction of sp³-hybridized carbons (Fsp3) is 0. The molecule has 0 aliphatic carbocycles. The quantitative estimate of drug-likeness (QED) is 0.517. The second kappa shape index (κ2) is 5.27. The van der Waals surface area contributed by atoms with Gasteiger partial charge in [-0.05, 0) is 18.2 Å². The lowest BCUT2D eigenvalue weighted by atomic mass is 10.0. The van der Waals surface area contributed by atoms with Crippen molar-refractivity contribution in [1.82, 2.24) is 4.98 Å². The second-order valence-electron chi connectivity index (χ2n) is 3.84. The van der Waals surface area contributed by atoms with Crippen molar-refractivity contribution >= 4 is 17.4 Å². The summed E-state index contributed by atoms with van der Waals surface area (Å²) in [6.07, 6.45) is 1.40. The summed E-state index contributed by atoms with van der Waals surface area (Å²) in [4.78, 5) is 37.1. The van der Waals surface area contributed by atoms with Crippen molar-refractivity contribution in [1.29, 1.82) is 0 Å². The van der Waals surface area contributed by atoms with Gasteiger partial charge in [-0.25, -0.2) is 4.79 Å². The lowest BCUT2D eigenvalue weighted by Crippen LogP contribution is -2.11. The molecule has 0 unspecified atom stereocenters. The molecule has 0 radical (unpaired) electrons. The molecule has 0 aliphatic rings. The summed E-state index contributed by atoms with van der Waals surface area (Å²) in [5.74, 6) is -2.01. The number of rotatable bonds is 4. The first kappa shape index (κ1) is 13.3. The Balaban J connectivity index is 2.54. The number of carbonyl (C=O) groups excluding carboxylic acids is 1. The van der Waals surface area contributed by atoms with Crippen LogP contribution in [0.15, 0.2) is 42.6 Å². The van der Waals surface area contributed by atoms with Gasteiger partial charge in [0.1, 0.15) is 5.69 Å². The Labute approximate surface area is 112 Å². The van der Waals surface area contributed by atoms with Gasteiger partial charge < -0.3 is 5.11 Å². The standard InChI is InChI=1S/C13H8N2O5/c16-12(11-3-1-2-6-14-11)9-5-4-8(15(19)20)7-10(9)13(17)18/h1-7H,(H,17,18). The molecule has 1 heterocycles. The number of aromatic carboxylic acids is 1.